The van der Waals surface area contributed by atoms with Crippen LogP contribution in [0.1, 0.15) is 5.56 Å². The molecule has 0 aliphatic carbocycles. The topological polar surface area (TPSA) is 59.6 Å². The number of benzene rings is 1. The molecule has 1 aromatic rings. The Bertz CT molecular complexity index is 451. The Morgan fingerprint density at radius 3 is 2.94 bits per heavy atom. The monoisotopic (exact) mass is 255 g/mol. The first kappa shape index (κ1) is 12.8. The van der Waals surface area contributed by atoms with Gasteiger partial charge in [0.25, 0.3) is 6.02 Å². The van der Waals surface area contributed by atoms with Crippen LogP contribution in [0.4, 0.5) is 8.78 Å². The zero-order valence-electron chi connectivity index (χ0n) is 9.83. The molecule has 0 unspecified atom stereocenters. The lowest BCUT2D eigenvalue weighted by Crippen LogP contribution is -2.28. The number of hydrogen-bond donors (Lipinski definition) is 2. The van der Waals surface area contributed by atoms with Crippen LogP contribution in [0, 0.1) is 11.6 Å². The first-order valence-electron chi connectivity index (χ1n) is 5.76. The lowest BCUT2D eigenvalue weighted by Gasteiger charge is -2.08. The van der Waals surface area contributed by atoms with Gasteiger partial charge < -0.3 is 15.8 Å². The molecule has 18 heavy (non-hydrogen) atoms. The standard InChI is InChI=1S/C12H15F2N3O/c13-9-2-1-8(11(14)5-9)3-4-16-6-10-7-18-12(15)17-10/h1-2,5,10,16H,3-4,6-7H2,(H2,15,17)/t10-/m0/s1. The first-order valence-corrected chi connectivity index (χ1v) is 5.76. The summed E-state index contributed by atoms with van der Waals surface area (Å²) >= 11 is 0. The minimum atomic E-state index is -0.558. The van der Waals surface area contributed by atoms with Crippen molar-refractivity contribution in [3.8, 4) is 0 Å². The average molecular weight is 255 g/mol. The number of nitrogens with two attached hydrogens (primary N) is 1. The third-order valence-electron chi connectivity index (χ3n) is 2.70. The minimum absolute atomic E-state index is 0.0167. The average Bonchev–Trinajstić information content (AvgIpc) is 2.73. The molecule has 0 spiro atoms. The normalized spacial score (nSPS) is 18.6. The summed E-state index contributed by atoms with van der Waals surface area (Å²) in [5.74, 6) is -1.07. The van der Waals surface area contributed by atoms with E-state index >= 15 is 0 Å². The van der Waals surface area contributed by atoms with Crippen molar-refractivity contribution in [3.63, 3.8) is 0 Å². The quantitative estimate of drug-likeness (QED) is 0.765. The molecule has 1 aliphatic rings. The highest BCUT2D eigenvalue weighted by atomic mass is 19.1. The van der Waals surface area contributed by atoms with Crippen molar-refractivity contribution < 1.29 is 13.5 Å². The smallest absolute Gasteiger partial charge is 0.282 e. The maximum absolute atomic E-state index is 13.3. The number of hydrogen-bond acceptors (Lipinski definition) is 4. The maximum atomic E-state index is 13.3. The molecule has 1 aromatic carbocycles. The van der Waals surface area contributed by atoms with Crippen LogP contribution < -0.4 is 11.1 Å². The van der Waals surface area contributed by atoms with Crippen molar-refractivity contribution in [2.24, 2.45) is 10.7 Å². The Labute approximate surface area is 104 Å². The van der Waals surface area contributed by atoms with Crippen LogP contribution in [0.25, 0.3) is 0 Å². The Morgan fingerprint density at radius 1 is 1.44 bits per heavy atom. The summed E-state index contributed by atoms with van der Waals surface area (Å²) < 4.78 is 31.0. The van der Waals surface area contributed by atoms with Gasteiger partial charge in [0, 0.05) is 12.6 Å². The molecule has 2 rings (SSSR count). The lowest BCUT2D eigenvalue weighted by atomic mass is 10.1. The van der Waals surface area contributed by atoms with E-state index in [2.05, 4.69) is 10.3 Å². The molecule has 1 aliphatic heterocycles. The van der Waals surface area contributed by atoms with Crippen LogP contribution in [-0.4, -0.2) is 31.8 Å². The molecule has 0 saturated heterocycles. The van der Waals surface area contributed by atoms with Gasteiger partial charge in [-0.2, -0.15) is 0 Å². The van der Waals surface area contributed by atoms with E-state index in [-0.39, 0.29) is 12.1 Å². The predicted molar refractivity (Wildman–Crippen MR) is 64.3 cm³/mol. The van der Waals surface area contributed by atoms with Crippen molar-refractivity contribution >= 4 is 6.02 Å². The highest BCUT2D eigenvalue weighted by molar-refractivity contribution is 5.73. The SMILES string of the molecule is NC1=N[C@@H](CNCCc2ccc(F)cc2F)CO1. The predicted octanol–water partition coefficient (Wildman–Crippen LogP) is 0.810. The first-order chi connectivity index (χ1) is 8.65. The van der Waals surface area contributed by atoms with Crippen LogP contribution in [-0.2, 0) is 11.2 Å². The summed E-state index contributed by atoms with van der Waals surface area (Å²) in [7, 11) is 0. The molecule has 3 N–H and O–H groups in total. The van der Waals surface area contributed by atoms with Gasteiger partial charge in [-0.25, -0.2) is 13.8 Å². The lowest BCUT2D eigenvalue weighted by molar-refractivity contribution is 0.309. The summed E-state index contributed by atoms with van der Waals surface area (Å²) in [6.45, 7) is 1.70. The van der Waals surface area contributed by atoms with E-state index in [0.29, 0.717) is 31.7 Å². The zero-order chi connectivity index (χ0) is 13.0. The second-order valence-electron chi connectivity index (χ2n) is 4.12. The van der Waals surface area contributed by atoms with E-state index in [4.69, 9.17) is 10.5 Å². The van der Waals surface area contributed by atoms with Gasteiger partial charge in [-0.15, -0.1) is 0 Å². The zero-order valence-corrected chi connectivity index (χ0v) is 9.83. The van der Waals surface area contributed by atoms with Gasteiger partial charge in [0.15, 0.2) is 0 Å². The summed E-state index contributed by atoms with van der Waals surface area (Å²) in [4.78, 5) is 4.05. The fraction of sp³-hybridized carbons (Fsp3) is 0.417. The van der Waals surface area contributed by atoms with E-state index in [9.17, 15) is 8.78 Å². The summed E-state index contributed by atoms with van der Waals surface area (Å²) in [5.41, 5.74) is 5.86. The van der Waals surface area contributed by atoms with Gasteiger partial charge in [-0.1, -0.05) is 6.07 Å². The molecule has 98 valence electrons. The number of ether oxygens (including phenoxy) is 1. The van der Waals surface area contributed by atoms with Gasteiger partial charge in [-0.3, -0.25) is 0 Å². The van der Waals surface area contributed by atoms with E-state index < -0.39 is 11.6 Å². The van der Waals surface area contributed by atoms with Crippen molar-refractivity contribution in [2.75, 3.05) is 19.7 Å². The molecule has 0 saturated carbocycles. The summed E-state index contributed by atoms with van der Waals surface area (Å²) in [6, 6.07) is 3.84. The number of aliphatic imine (C=N–C) groups is 1. The van der Waals surface area contributed by atoms with E-state index in [0.717, 1.165) is 6.07 Å². The van der Waals surface area contributed by atoms with E-state index in [1.54, 1.807) is 0 Å². The van der Waals surface area contributed by atoms with Crippen molar-refractivity contribution in [2.45, 2.75) is 12.5 Å². The molecule has 4 nitrogen and oxygen atoms in total. The molecule has 0 bridgehead atoms. The van der Waals surface area contributed by atoms with Crippen LogP contribution in [0.2, 0.25) is 0 Å². The third kappa shape index (κ3) is 3.40. The molecule has 6 heteroatoms. The van der Waals surface area contributed by atoms with Gasteiger partial charge in [0.05, 0.1) is 0 Å². The van der Waals surface area contributed by atoms with E-state index in [1.807, 2.05) is 0 Å². The highest BCUT2D eigenvalue weighted by Crippen LogP contribution is 2.09. The molecule has 1 atom stereocenters. The van der Waals surface area contributed by atoms with Crippen LogP contribution in [0.15, 0.2) is 23.2 Å². The number of nitrogens with zero attached hydrogens (tertiary/aromatic N) is 1. The molecule has 0 radical (unpaired) electrons. The molecule has 0 aromatic heterocycles. The van der Waals surface area contributed by atoms with Crippen LogP contribution in [0.5, 0.6) is 0 Å². The maximum Gasteiger partial charge on any atom is 0.282 e. The highest BCUT2D eigenvalue weighted by Gasteiger charge is 2.15. The number of amidine groups is 1. The molecular formula is C12H15F2N3O. The van der Waals surface area contributed by atoms with Gasteiger partial charge in [0.1, 0.15) is 24.3 Å². The minimum Gasteiger partial charge on any atom is -0.463 e. The number of nitrogens with one attached hydrogen (secondary N) is 1. The summed E-state index contributed by atoms with van der Waals surface area (Å²) in [6.07, 6.45) is 0.499. The fourth-order valence-corrected chi connectivity index (χ4v) is 1.76. The van der Waals surface area contributed by atoms with Crippen LogP contribution in [0.3, 0.4) is 0 Å². The molecule has 0 fully saturated rings. The Balaban J connectivity index is 1.72. The number of rotatable bonds is 5. The second kappa shape index (κ2) is 5.77. The summed E-state index contributed by atoms with van der Waals surface area (Å²) in [5, 5.41) is 3.14. The van der Waals surface area contributed by atoms with Crippen molar-refractivity contribution in [3.05, 3.63) is 35.4 Å². The van der Waals surface area contributed by atoms with Crippen LogP contribution >= 0.6 is 0 Å². The number of halogens is 2. The molecular weight excluding hydrogens is 240 g/mol. The van der Waals surface area contributed by atoms with Gasteiger partial charge in [-0.05, 0) is 24.6 Å². The van der Waals surface area contributed by atoms with Gasteiger partial charge in [0.2, 0.25) is 0 Å². The van der Waals surface area contributed by atoms with Gasteiger partial charge >= 0.3 is 0 Å². The molecule has 1 heterocycles. The largest absolute Gasteiger partial charge is 0.463 e. The molecule has 0 amide bonds. The Kier molecular flexibility index (Phi) is 4.09. The van der Waals surface area contributed by atoms with E-state index in [1.165, 1.54) is 12.1 Å². The third-order valence-corrected chi connectivity index (χ3v) is 2.70. The Hall–Kier alpha value is -1.69. The Morgan fingerprint density at radius 2 is 2.28 bits per heavy atom. The fourth-order valence-electron chi connectivity index (χ4n) is 1.76. The van der Waals surface area contributed by atoms with Crippen molar-refractivity contribution in [1.82, 2.24) is 5.32 Å². The second-order valence-corrected chi connectivity index (χ2v) is 4.12. The van der Waals surface area contributed by atoms with Crippen molar-refractivity contribution in [1.29, 1.82) is 0 Å².